The summed E-state index contributed by atoms with van der Waals surface area (Å²) >= 11 is 0. The van der Waals surface area contributed by atoms with E-state index in [4.69, 9.17) is 5.21 Å². The molecular formula is C23H30N4O3. The average molecular weight is 411 g/mol. The van der Waals surface area contributed by atoms with E-state index >= 15 is 0 Å². The Labute approximate surface area is 177 Å². The lowest BCUT2D eigenvalue weighted by Crippen LogP contribution is -2.59. The van der Waals surface area contributed by atoms with Crippen LogP contribution >= 0.6 is 0 Å². The number of amides is 2. The van der Waals surface area contributed by atoms with Gasteiger partial charge < -0.3 is 10.2 Å². The maximum Gasteiger partial charge on any atom is 0.248 e. The Morgan fingerprint density at radius 2 is 2.07 bits per heavy atom. The molecule has 7 heteroatoms. The van der Waals surface area contributed by atoms with Gasteiger partial charge in [0.15, 0.2) is 0 Å². The predicted octanol–water partition coefficient (Wildman–Crippen LogP) is 2.09. The van der Waals surface area contributed by atoms with E-state index in [-0.39, 0.29) is 11.3 Å². The lowest BCUT2D eigenvalue weighted by atomic mass is 9.80. The van der Waals surface area contributed by atoms with Gasteiger partial charge in [-0.1, -0.05) is 19.1 Å². The van der Waals surface area contributed by atoms with E-state index in [1.165, 1.54) is 5.56 Å². The smallest absolute Gasteiger partial charge is 0.248 e. The number of hydrogen-bond acceptors (Lipinski definition) is 5. The number of likely N-dealkylation sites (tertiary alicyclic amines) is 1. The summed E-state index contributed by atoms with van der Waals surface area (Å²) in [5, 5.41) is 21.7. The van der Waals surface area contributed by atoms with Gasteiger partial charge in [-0.3, -0.25) is 14.8 Å². The first-order valence-corrected chi connectivity index (χ1v) is 11.0. The summed E-state index contributed by atoms with van der Waals surface area (Å²) in [6.45, 7) is 4.13. The van der Waals surface area contributed by atoms with Gasteiger partial charge in [0, 0.05) is 19.6 Å². The number of carbonyl (C=O) groups is 2. The van der Waals surface area contributed by atoms with Crippen LogP contribution in [-0.2, 0) is 16.0 Å². The maximum absolute atomic E-state index is 13.2. The molecule has 2 saturated heterocycles. The number of hydrogen-bond donors (Lipinski definition) is 3. The zero-order valence-corrected chi connectivity index (χ0v) is 17.5. The Kier molecular flexibility index (Phi) is 5.81. The molecule has 0 bridgehead atoms. The van der Waals surface area contributed by atoms with Crippen LogP contribution in [0.3, 0.4) is 0 Å². The highest BCUT2D eigenvalue weighted by atomic mass is 16.5. The molecule has 1 aromatic carbocycles. The molecule has 3 fully saturated rings. The van der Waals surface area contributed by atoms with Crippen molar-refractivity contribution >= 4 is 11.8 Å². The van der Waals surface area contributed by atoms with Crippen molar-refractivity contribution in [2.24, 2.45) is 11.3 Å². The number of hydroxylamine groups is 1. The first-order chi connectivity index (χ1) is 14.5. The maximum atomic E-state index is 13.2. The van der Waals surface area contributed by atoms with E-state index < -0.39 is 17.9 Å². The summed E-state index contributed by atoms with van der Waals surface area (Å²) in [6.07, 6.45) is 5.38. The molecule has 1 aromatic rings. The van der Waals surface area contributed by atoms with E-state index in [1.54, 1.807) is 5.48 Å². The number of aryl methyl sites for hydroxylation is 1. The molecule has 7 nitrogen and oxygen atoms in total. The fraction of sp³-hybridized carbons (Fsp3) is 0.609. The van der Waals surface area contributed by atoms with E-state index in [0.717, 1.165) is 49.8 Å². The Balaban J connectivity index is 1.40. The standard InChI is InChI=1S/C23H30N4O3/c1-2-15-11-17(3-4-18(15)13-24)16-5-9-27(10-6-16)22(29)20-19(21(28)26-30)12-23(7-8-23)14-25-20/h3-4,11,16,19-20,25,30H,2,5-10,12,14H2,1H3,(H,26,28)/t19-,20-/m0/s1. The zero-order valence-electron chi connectivity index (χ0n) is 17.5. The first-order valence-electron chi connectivity index (χ1n) is 11.0. The molecule has 4 rings (SSSR count). The molecule has 0 unspecified atom stereocenters. The molecule has 3 N–H and O–H groups in total. The molecule has 30 heavy (non-hydrogen) atoms. The molecule has 0 aromatic heterocycles. The summed E-state index contributed by atoms with van der Waals surface area (Å²) in [5.41, 5.74) is 4.95. The average Bonchev–Trinajstić information content (AvgIpc) is 3.56. The minimum atomic E-state index is -0.568. The van der Waals surface area contributed by atoms with Gasteiger partial charge in [-0.2, -0.15) is 5.26 Å². The summed E-state index contributed by atoms with van der Waals surface area (Å²) in [5.74, 6) is -0.655. The molecule has 2 atom stereocenters. The lowest BCUT2D eigenvalue weighted by Gasteiger charge is -2.40. The highest BCUT2D eigenvalue weighted by Crippen LogP contribution is 2.52. The van der Waals surface area contributed by atoms with Crippen molar-refractivity contribution < 1.29 is 14.8 Å². The van der Waals surface area contributed by atoms with Crippen molar-refractivity contribution in [3.63, 3.8) is 0 Å². The van der Waals surface area contributed by atoms with Crippen LogP contribution in [0.25, 0.3) is 0 Å². The normalized spacial score (nSPS) is 25.6. The fourth-order valence-corrected chi connectivity index (χ4v) is 5.17. The molecular weight excluding hydrogens is 380 g/mol. The van der Waals surface area contributed by atoms with Crippen LogP contribution < -0.4 is 10.8 Å². The number of benzene rings is 1. The fourth-order valence-electron chi connectivity index (χ4n) is 5.17. The van der Waals surface area contributed by atoms with E-state index in [1.807, 2.05) is 17.0 Å². The van der Waals surface area contributed by atoms with Crippen LogP contribution in [0, 0.1) is 22.7 Å². The number of nitriles is 1. The second kappa shape index (κ2) is 8.37. The topological polar surface area (TPSA) is 105 Å². The van der Waals surface area contributed by atoms with Gasteiger partial charge in [0.05, 0.1) is 23.6 Å². The number of carbonyl (C=O) groups excluding carboxylic acids is 2. The molecule has 1 aliphatic carbocycles. The van der Waals surface area contributed by atoms with Gasteiger partial charge in [0.1, 0.15) is 0 Å². The number of piperidine rings is 2. The summed E-state index contributed by atoms with van der Waals surface area (Å²) in [6, 6.07) is 7.77. The van der Waals surface area contributed by atoms with E-state index in [2.05, 4.69) is 24.4 Å². The largest absolute Gasteiger partial charge is 0.341 e. The summed E-state index contributed by atoms with van der Waals surface area (Å²) < 4.78 is 0. The predicted molar refractivity (Wildman–Crippen MR) is 111 cm³/mol. The van der Waals surface area contributed by atoms with Gasteiger partial charge in [-0.15, -0.1) is 0 Å². The second-order valence-electron chi connectivity index (χ2n) is 9.13. The number of rotatable bonds is 4. The van der Waals surface area contributed by atoms with Crippen molar-refractivity contribution in [3.8, 4) is 6.07 Å². The highest BCUT2D eigenvalue weighted by molar-refractivity contribution is 5.90. The molecule has 1 spiro atoms. The van der Waals surface area contributed by atoms with Crippen molar-refractivity contribution in [3.05, 3.63) is 34.9 Å². The molecule has 1 saturated carbocycles. The Hall–Kier alpha value is -2.43. The first kappa shape index (κ1) is 20.8. The van der Waals surface area contributed by atoms with Crippen molar-refractivity contribution in [1.29, 1.82) is 5.26 Å². The van der Waals surface area contributed by atoms with Gasteiger partial charge >= 0.3 is 0 Å². The molecule has 2 amide bonds. The van der Waals surface area contributed by atoms with Crippen molar-refractivity contribution in [2.45, 2.75) is 57.4 Å². The van der Waals surface area contributed by atoms with Gasteiger partial charge in [-0.05, 0) is 67.1 Å². The molecule has 3 aliphatic rings. The lowest BCUT2D eigenvalue weighted by molar-refractivity contribution is -0.145. The van der Waals surface area contributed by atoms with Gasteiger partial charge in [0.2, 0.25) is 11.8 Å². The van der Waals surface area contributed by atoms with Crippen LogP contribution in [0.15, 0.2) is 18.2 Å². The molecule has 2 heterocycles. The minimum Gasteiger partial charge on any atom is -0.341 e. The van der Waals surface area contributed by atoms with Crippen LogP contribution in [0.5, 0.6) is 0 Å². The zero-order chi connectivity index (χ0) is 21.3. The van der Waals surface area contributed by atoms with Gasteiger partial charge in [0.25, 0.3) is 0 Å². The van der Waals surface area contributed by atoms with Crippen LogP contribution in [-0.4, -0.2) is 47.6 Å². The van der Waals surface area contributed by atoms with Crippen molar-refractivity contribution in [1.82, 2.24) is 15.7 Å². The van der Waals surface area contributed by atoms with Crippen molar-refractivity contribution in [2.75, 3.05) is 19.6 Å². The molecule has 160 valence electrons. The molecule has 2 aliphatic heterocycles. The third kappa shape index (κ3) is 3.94. The number of nitrogens with one attached hydrogen (secondary N) is 2. The quantitative estimate of drug-likeness (QED) is 0.521. The molecule has 0 radical (unpaired) electrons. The third-order valence-electron chi connectivity index (χ3n) is 7.33. The second-order valence-corrected chi connectivity index (χ2v) is 9.13. The van der Waals surface area contributed by atoms with E-state index in [0.29, 0.717) is 25.4 Å². The van der Waals surface area contributed by atoms with Crippen LogP contribution in [0.2, 0.25) is 0 Å². The van der Waals surface area contributed by atoms with Gasteiger partial charge in [-0.25, -0.2) is 5.48 Å². The van der Waals surface area contributed by atoms with Crippen LogP contribution in [0.4, 0.5) is 0 Å². The third-order valence-corrected chi connectivity index (χ3v) is 7.33. The Morgan fingerprint density at radius 3 is 2.67 bits per heavy atom. The summed E-state index contributed by atoms with van der Waals surface area (Å²) in [4.78, 5) is 27.3. The monoisotopic (exact) mass is 410 g/mol. The van der Waals surface area contributed by atoms with E-state index in [9.17, 15) is 14.9 Å². The minimum absolute atomic E-state index is 0.0355. The highest BCUT2D eigenvalue weighted by Gasteiger charge is 2.52. The Bertz CT molecular complexity index is 866. The SMILES string of the molecule is CCc1cc(C2CCN(C(=O)[C@H]3NCC4(CC4)C[C@@H]3C(=O)NO)CC2)ccc1C#N. The number of nitrogens with zero attached hydrogens (tertiary/aromatic N) is 2. The summed E-state index contributed by atoms with van der Waals surface area (Å²) in [7, 11) is 0. The Morgan fingerprint density at radius 1 is 1.33 bits per heavy atom. The van der Waals surface area contributed by atoms with Crippen LogP contribution in [0.1, 0.15) is 61.6 Å².